The zero-order valence-corrected chi connectivity index (χ0v) is 10.5. The third-order valence-electron chi connectivity index (χ3n) is 2.75. The van der Waals surface area contributed by atoms with E-state index < -0.39 is 0 Å². The molecule has 0 saturated heterocycles. The Morgan fingerprint density at radius 1 is 1.50 bits per heavy atom. The maximum atomic E-state index is 4.17. The van der Waals surface area contributed by atoms with Crippen LogP contribution in [0.3, 0.4) is 0 Å². The maximum Gasteiger partial charge on any atom is 0.0547 e. The van der Waals surface area contributed by atoms with Crippen LogP contribution in [0.1, 0.15) is 24.2 Å². The maximum absolute atomic E-state index is 4.17. The molecule has 1 N–H and O–H groups in total. The quantitative estimate of drug-likeness (QED) is 0.862. The molecule has 0 amide bonds. The average Bonchev–Trinajstić information content (AvgIpc) is 2.88. The van der Waals surface area contributed by atoms with Crippen LogP contribution in [0.15, 0.2) is 29.1 Å². The predicted octanol–water partition coefficient (Wildman–Crippen LogP) is 2.37. The lowest BCUT2D eigenvalue weighted by atomic mass is 10.2. The Morgan fingerprint density at radius 3 is 3.00 bits per heavy atom. The number of nitrogens with zero attached hydrogens (tertiary/aromatic N) is 2. The summed E-state index contributed by atoms with van der Waals surface area (Å²) in [7, 11) is 1.98. The van der Waals surface area contributed by atoms with Gasteiger partial charge in [0.15, 0.2) is 0 Å². The molecule has 0 aliphatic heterocycles. The van der Waals surface area contributed by atoms with Crippen molar-refractivity contribution in [2.75, 3.05) is 6.54 Å². The van der Waals surface area contributed by atoms with Crippen molar-refractivity contribution in [3.05, 3.63) is 40.3 Å². The van der Waals surface area contributed by atoms with Crippen molar-refractivity contribution in [1.29, 1.82) is 0 Å². The molecule has 0 aliphatic rings. The Hall–Kier alpha value is -1.13. The van der Waals surface area contributed by atoms with E-state index in [1.807, 2.05) is 17.9 Å². The summed E-state index contributed by atoms with van der Waals surface area (Å²) < 4.78 is 1.92. The van der Waals surface area contributed by atoms with Crippen molar-refractivity contribution in [1.82, 2.24) is 15.1 Å². The summed E-state index contributed by atoms with van der Waals surface area (Å²) in [6.07, 6.45) is 2.93. The molecule has 2 heterocycles. The molecule has 3 nitrogen and oxygen atoms in total. The first-order valence-electron chi connectivity index (χ1n) is 5.49. The zero-order chi connectivity index (χ0) is 11.4. The Bertz CT molecular complexity index is 419. The summed E-state index contributed by atoms with van der Waals surface area (Å²) >= 11 is 1.76. The molecule has 0 bridgehead atoms. The number of rotatable bonds is 5. The molecule has 1 unspecified atom stereocenters. The van der Waals surface area contributed by atoms with E-state index in [4.69, 9.17) is 0 Å². The second kappa shape index (κ2) is 5.27. The van der Waals surface area contributed by atoms with Gasteiger partial charge in [0.05, 0.1) is 5.69 Å². The molecule has 0 aromatic carbocycles. The molecule has 16 heavy (non-hydrogen) atoms. The third-order valence-corrected chi connectivity index (χ3v) is 3.48. The predicted molar refractivity (Wildman–Crippen MR) is 67.6 cm³/mol. The highest BCUT2D eigenvalue weighted by Gasteiger charge is 2.07. The molecule has 0 saturated carbocycles. The SMILES string of the molecule is CC(NCCc1ccsc1)c1ccnn1C. The molecule has 0 radical (unpaired) electrons. The Balaban J connectivity index is 1.80. The Kier molecular flexibility index (Phi) is 3.74. The van der Waals surface area contributed by atoms with E-state index in [9.17, 15) is 0 Å². The highest BCUT2D eigenvalue weighted by molar-refractivity contribution is 7.07. The van der Waals surface area contributed by atoms with Gasteiger partial charge in [0, 0.05) is 19.3 Å². The minimum Gasteiger partial charge on any atom is -0.309 e. The van der Waals surface area contributed by atoms with Crippen LogP contribution in [0, 0.1) is 0 Å². The smallest absolute Gasteiger partial charge is 0.0547 e. The molecule has 2 aromatic heterocycles. The van der Waals surface area contributed by atoms with Crippen LogP contribution < -0.4 is 5.32 Å². The van der Waals surface area contributed by atoms with Gasteiger partial charge >= 0.3 is 0 Å². The Labute approximate surface area is 100 Å². The van der Waals surface area contributed by atoms with Gasteiger partial charge in [0.2, 0.25) is 0 Å². The van der Waals surface area contributed by atoms with Gasteiger partial charge in [-0.25, -0.2) is 0 Å². The first-order chi connectivity index (χ1) is 7.77. The molecule has 4 heteroatoms. The van der Waals surface area contributed by atoms with E-state index in [1.165, 1.54) is 11.3 Å². The monoisotopic (exact) mass is 235 g/mol. The molecular formula is C12H17N3S. The van der Waals surface area contributed by atoms with Crippen molar-refractivity contribution in [2.45, 2.75) is 19.4 Å². The lowest BCUT2D eigenvalue weighted by Gasteiger charge is -2.13. The van der Waals surface area contributed by atoms with E-state index in [1.54, 1.807) is 11.3 Å². The van der Waals surface area contributed by atoms with Crippen LogP contribution >= 0.6 is 11.3 Å². The van der Waals surface area contributed by atoms with E-state index >= 15 is 0 Å². The van der Waals surface area contributed by atoms with Crippen molar-refractivity contribution < 1.29 is 0 Å². The van der Waals surface area contributed by atoms with Crippen LogP contribution in [-0.4, -0.2) is 16.3 Å². The minimum atomic E-state index is 0.353. The summed E-state index contributed by atoms with van der Waals surface area (Å²) in [6, 6.07) is 4.59. The van der Waals surface area contributed by atoms with Gasteiger partial charge in [-0.1, -0.05) is 0 Å². The summed E-state index contributed by atoms with van der Waals surface area (Å²) in [6.45, 7) is 3.17. The van der Waals surface area contributed by atoms with Crippen molar-refractivity contribution >= 4 is 11.3 Å². The summed E-state index contributed by atoms with van der Waals surface area (Å²) in [5.74, 6) is 0. The lowest BCUT2D eigenvalue weighted by Crippen LogP contribution is -2.23. The normalized spacial score (nSPS) is 12.9. The van der Waals surface area contributed by atoms with Gasteiger partial charge in [-0.05, 0) is 48.3 Å². The molecule has 2 aromatic rings. The largest absolute Gasteiger partial charge is 0.309 e. The fourth-order valence-electron chi connectivity index (χ4n) is 1.78. The van der Waals surface area contributed by atoms with Crippen molar-refractivity contribution in [3.8, 4) is 0 Å². The van der Waals surface area contributed by atoms with Gasteiger partial charge in [-0.3, -0.25) is 4.68 Å². The number of aryl methyl sites for hydroxylation is 1. The Morgan fingerprint density at radius 2 is 2.38 bits per heavy atom. The molecule has 2 rings (SSSR count). The molecule has 0 fully saturated rings. The average molecular weight is 235 g/mol. The van der Waals surface area contributed by atoms with Crippen LogP contribution in [0.5, 0.6) is 0 Å². The van der Waals surface area contributed by atoms with Crippen LogP contribution in [-0.2, 0) is 13.5 Å². The number of aromatic nitrogens is 2. The third kappa shape index (κ3) is 2.71. The highest BCUT2D eigenvalue weighted by Crippen LogP contribution is 2.11. The van der Waals surface area contributed by atoms with E-state index in [0.717, 1.165) is 13.0 Å². The number of thiophene rings is 1. The topological polar surface area (TPSA) is 29.9 Å². The first kappa shape index (κ1) is 11.4. The standard InChI is InChI=1S/C12H17N3S/c1-10(12-4-7-14-15(12)2)13-6-3-11-5-8-16-9-11/h4-5,7-10,13H,3,6H2,1-2H3. The van der Waals surface area contributed by atoms with Gasteiger partial charge in [-0.2, -0.15) is 16.4 Å². The molecular weight excluding hydrogens is 218 g/mol. The summed E-state index contributed by atoms with van der Waals surface area (Å²) in [5.41, 5.74) is 2.64. The fraction of sp³-hybridized carbons (Fsp3) is 0.417. The fourth-order valence-corrected chi connectivity index (χ4v) is 2.48. The highest BCUT2D eigenvalue weighted by atomic mass is 32.1. The molecule has 1 atom stereocenters. The van der Waals surface area contributed by atoms with Crippen LogP contribution in [0.2, 0.25) is 0 Å². The second-order valence-corrected chi connectivity index (χ2v) is 4.72. The lowest BCUT2D eigenvalue weighted by molar-refractivity contribution is 0.533. The number of hydrogen-bond donors (Lipinski definition) is 1. The second-order valence-electron chi connectivity index (χ2n) is 3.94. The molecule has 86 valence electrons. The van der Waals surface area contributed by atoms with Crippen LogP contribution in [0.4, 0.5) is 0 Å². The number of hydrogen-bond acceptors (Lipinski definition) is 3. The van der Waals surface area contributed by atoms with Crippen molar-refractivity contribution in [2.24, 2.45) is 7.05 Å². The number of nitrogens with one attached hydrogen (secondary N) is 1. The zero-order valence-electron chi connectivity index (χ0n) is 9.68. The molecule has 0 aliphatic carbocycles. The first-order valence-corrected chi connectivity index (χ1v) is 6.44. The van der Waals surface area contributed by atoms with E-state index in [-0.39, 0.29) is 0 Å². The van der Waals surface area contributed by atoms with Gasteiger partial charge in [0.1, 0.15) is 0 Å². The van der Waals surface area contributed by atoms with E-state index in [2.05, 4.69) is 40.2 Å². The van der Waals surface area contributed by atoms with Gasteiger partial charge in [-0.15, -0.1) is 0 Å². The van der Waals surface area contributed by atoms with E-state index in [0.29, 0.717) is 6.04 Å². The van der Waals surface area contributed by atoms with Gasteiger partial charge in [0.25, 0.3) is 0 Å². The van der Waals surface area contributed by atoms with Crippen molar-refractivity contribution in [3.63, 3.8) is 0 Å². The summed E-state index contributed by atoms with van der Waals surface area (Å²) in [5, 5.41) is 12.0. The molecule has 0 spiro atoms. The van der Waals surface area contributed by atoms with Crippen LogP contribution in [0.25, 0.3) is 0 Å². The minimum absolute atomic E-state index is 0.353. The summed E-state index contributed by atoms with van der Waals surface area (Å²) in [4.78, 5) is 0. The van der Waals surface area contributed by atoms with Gasteiger partial charge < -0.3 is 5.32 Å².